The predicted octanol–water partition coefficient (Wildman–Crippen LogP) is -1.25. The van der Waals surface area contributed by atoms with Gasteiger partial charge < -0.3 is 20.1 Å². The van der Waals surface area contributed by atoms with Gasteiger partial charge in [-0.2, -0.15) is 0 Å². The third-order valence-corrected chi connectivity index (χ3v) is 1.28. The van der Waals surface area contributed by atoms with Gasteiger partial charge in [0.2, 0.25) is 0 Å². The van der Waals surface area contributed by atoms with Crippen LogP contribution >= 0.6 is 0 Å². The van der Waals surface area contributed by atoms with Crippen molar-refractivity contribution in [2.45, 2.75) is 25.6 Å². The molecule has 0 amide bonds. The molecule has 0 spiro atoms. The molecular weight excluding hydrogens is 180 g/mol. The zero-order chi connectivity index (χ0) is 10.4. The van der Waals surface area contributed by atoms with Crippen LogP contribution in [0, 0.1) is 0 Å². The quantitative estimate of drug-likeness (QED) is 0.470. The summed E-state index contributed by atoms with van der Waals surface area (Å²) in [6.45, 7) is 1.60. The van der Waals surface area contributed by atoms with Crippen LogP contribution in [-0.2, 0) is 14.3 Å². The number of esters is 1. The van der Waals surface area contributed by atoms with E-state index in [1.54, 1.807) is 0 Å². The highest BCUT2D eigenvalue weighted by molar-refractivity contribution is 5.76. The molecule has 2 unspecified atom stereocenters. The Morgan fingerprint density at radius 2 is 1.92 bits per heavy atom. The number of aliphatic hydroxyl groups is 2. The van der Waals surface area contributed by atoms with E-state index in [4.69, 9.17) is 15.3 Å². The number of ether oxygens (including phenoxy) is 1. The lowest BCUT2D eigenvalue weighted by Gasteiger charge is -2.13. The maximum atomic E-state index is 10.7. The van der Waals surface area contributed by atoms with Crippen molar-refractivity contribution >= 4 is 11.9 Å². The van der Waals surface area contributed by atoms with Crippen LogP contribution in [0.2, 0.25) is 0 Å². The summed E-state index contributed by atoms with van der Waals surface area (Å²) in [6, 6.07) is 0. The Labute approximate surface area is 74.7 Å². The summed E-state index contributed by atoms with van der Waals surface area (Å²) in [7, 11) is 0. The summed E-state index contributed by atoms with van der Waals surface area (Å²) in [5, 5.41) is 26.2. The maximum absolute atomic E-state index is 10.7. The van der Waals surface area contributed by atoms with Crippen molar-refractivity contribution in [1.29, 1.82) is 0 Å². The van der Waals surface area contributed by atoms with Crippen LogP contribution in [-0.4, -0.2) is 46.1 Å². The fourth-order valence-corrected chi connectivity index (χ4v) is 0.675. The molecule has 0 bridgehead atoms. The van der Waals surface area contributed by atoms with Gasteiger partial charge in [-0.1, -0.05) is 0 Å². The molecule has 6 nitrogen and oxygen atoms in total. The number of rotatable bonds is 5. The minimum Gasteiger partial charge on any atom is -0.481 e. The standard InChI is InChI=1S/C7H12O6/c1-2-13-7(12)6(11)4(8)3-5(9)10/h4,6,8,11H,2-3H2,1H3,(H,9,10). The molecule has 0 heterocycles. The first-order valence-corrected chi connectivity index (χ1v) is 3.73. The van der Waals surface area contributed by atoms with Gasteiger partial charge in [-0.3, -0.25) is 4.79 Å². The molecular formula is C7H12O6. The fraction of sp³-hybridized carbons (Fsp3) is 0.714. The van der Waals surface area contributed by atoms with Crippen molar-refractivity contribution in [2.75, 3.05) is 6.61 Å². The number of hydrogen-bond acceptors (Lipinski definition) is 5. The molecule has 3 N–H and O–H groups in total. The lowest BCUT2D eigenvalue weighted by molar-refractivity contribution is -0.161. The van der Waals surface area contributed by atoms with Crippen LogP contribution in [0.4, 0.5) is 0 Å². The Morgan fingerprint density at radius 3 is 2.31 bits per heavy atom. The number of carboxylic acids is 1. The predicted molar refractivity (Wildman–Crippen MR) is 40.9 cm³/mol. The molecule has 0 aliphatic carbocycles. The number of carbonyl (C=O) groups excluding carboxylic acids is 1. The summed E-state index contributed by atoms with van der Waals surface area (Å²) in [5.41, 5.74) is 0. The Balaban J connectivity index is 4.00. The Morgan fingerprint density at radius 1 is 1.38 bits per heavy atom. The molecule has 0 saturated carbocycles. The highest BCUT2D eigenvalue weighted by atomic mass is 16.5. The average Bonchev–Trinajstić information content (AvgIpc) is 2.02. The first kappa shape index (κ1) is 11.9. The summed E-state index contributed by atoms with van der Waals surface area (Å²) in [4.78, 5) is 20.8. The molecule has 0 aliphatic rings. The van der Waals surface area contributed by atoms with Crippen LogP contribution in [0.1, 0.15) is 13.3 Å². The first-order valence-electron chi connectivity index (χ1n) is 3.73. The van der Waals surface area contributed by atoms with Gasteiger partial charge >= 0.3 is 11.9 Å². The van der Waals surface area contributed by atoms with Gasteiger partial charge in [-0.15, -0.1) is 0 Å². The van der Waals surface area contributed by atoms with Crippen LogP contribution < -0.4 is 0 Å². The highest BCUT2D eigenvalue weighted by Crippen LogP contribution is 2.01. The van der Waals surface area contributed by atoms with Gasteiger partial charge in [0.25, 0.3) is 0 Å². The fourth-order valence-electron chi connectivity index (χ4n) is 0.675. The summed E-state index contributed by atoms with van der Waals surface area (Å²) in [5.74, 6) is -2.31. The zero-order valence-corrected chi connectivity index (χ0v) is 7.14. The van der Waals surface area contributed by atoms with Crippen molar-refractivity contribution in [3.05, 3.63) is 0 Å². The molecule has 0 aromatic carbocycles. The Bertz CT molecular complexity index is 189. The van der Waals surface area contributed by atoms with Gasteiger partial charge in [-0.05, 0) is 6.92 Å². The minimum absolute atomic E-state index is 0.0652. The zero-order valence-electron chi connectivity index (χ0n) is 7.14. The second-order valence-corrected chi connectivity index (χ2v) is 2.36. The summed E-state index contributed by atoms with van der Waals surface area (Å²) < 4.78 is 4.36. The molecule has 0 aliphatic heterocycles. The number of hydrogen-bond donors (Lipinski definition) is 3. The maximum Gasteiger partial charge on any atom is 0.337 e. The van der Waals surface area contributed by atoms with Crippen molar-refractivity contribution in [3.8, 4) is 0 Å². The number of aliphatic carboxylic acids is 1. The summed E-state index contributed by atoms with van der Waals surface area (Å²) >= 11 is 0. The molecule has 0 saturated heterocycles. The SMILES string of the molecule is CCOC(=O)C(O)C(O)CC(=O)O. The van der Waals surface area contributed by atoms with Gasteiger partial charge in [0.1, 0.15) is 6.10 Å². The van der Waals surface area contributed by atoms with E-state index < -0.39 is 30.6 Å². The molecule has 0 rings (SSSR count). The monoisotopic (exact) mass is 192 g/mol. The van der Waals surface area contributed by atoms with Gasteiger partial charge in [0, 0.05) is 0 Å². The van der Waals surface area contributed by atoms with Gasteiger partial charge in [0.15, 0.2) is 6.10 Å². The number of aliphatic hydroxyl groups excluding tert-OH is 2. The van der Waals surface area contributed by atoms with Crippen LogP contribution in [0.3, 0.4) is 0 Å². The van der Waals surface area contributed by atoms with Gasteiger partial charge in [0.05, 0.1) is 13.0 Å². The van der Waals surface area contributed by atoms with Crippen LogP contribution in [0.15, 0.2) is 0 Å². The third-order valence-electron chi connectivity index (χ3n) is 1.28. The van der Waals surface area contributed by atoms with E-state index in [-0.39, 0.29) is 6.61 Å². The van der Waals surface area contributed by atoms with E-state index in [0.717, 1.165) is 0 Å². The lowest BCUT2D eigenvalue weighted by atomic mass is 10.1. The largest absolute Gasteiger partial charge is 0.481 e. The Kier molecular flexibility index (Phi) is 5.01. The van der Waals surface area contributed by atoms with Crippen molar-refractivity contribution in [1.82, 2.24) is 0 Å². The second kappa shape index (κ2) is 5.50. The Hall–Kier alpha value is -1.14. The van der Waals surface area contributed by atoms with E-state index in [1.807, 2.05) is 0 Å². The van der Waals surface area contributed by atoms with E-state index in [2.05, 4.69) is 4.74 Å². The molecule has 0 radical (unpaired) electrons. The molecule has 0 fully saturated rings. The van der Waals surface area contributed by atoms with Gasteiger partial charge in [-0.25, -0.2) is 4.79 Å². The second-order valence-electron chi connectivity index (χ2n) is 2.36. The van der Waals surface area contributed by atoms with E-state index in [1.165, 1.54) is 6.92 Å². The topological polar surface area (TPSA) is 104 Å². The molecule has 6 heteroatoms. The molecule has 76 valence electrons. The van der Waals surface area contributed by atoms with Crippen LogP contribution in [0.5, 0.6) is 0 Å². The average molecular weight is 192 g/mol. The minimum atomic E-state index is -1.80. The van der Waals surface area contributed by atoms with E-state index in [9.17, 15) is 9.59 Å². The van der Waals surface area contributed by atoms with Crippen molar-refractivity contribution in [3.63, 3.8) is 0 Å². The number of carboxylic acid groups (broad SMARTS) is 1. The van der Waals surface area contributed by atoms with Crippen LogP contribution in [0.25, 0.3) is 0 Å². The first-order chi connectivity index (χ1) is 5.99. The lowest BCUT2D eigenvalue weighted by Crippen LogP contribution is -2.36. The van der Waals surface area contributed by atoms with E-state index in [0.29, 0.717) is 0 Å². The smallest absolute Gasteiger partial charge is 0.337 e. The third kappa shape index (κ3) is 4.44. The summed E-state index contributed by atoms with van der Waals surface area (Å²) in [6.07, 6.45) is -4.12. The van der Waals surface area contributed by atoms with Crippen molar-refractivity contribution < 1.29 is 29.6 Å². The highest BCUT2D eigenvalue weighted by Gasteiger charge is 2.27. The molecule has 13 heavy (non-hydrogen) atoms. The molecule has 0 aromatic rings. The molecule has 2 atom stereocenters. The normalized spacial score (nSPS) is 14.7. The van der Waals surface area contributed by atoms with E-state index >= 15 is 0 Å². The number of carbonyl (C=O) groups is 2. The molecule has 0 aromatic heterocycles. The van der Waals surface area contributed by atoms with Crippen molar-refractivity contribution in [2.24, 2.45) is 0 Å².